The van der Waals surface area contributed by atoms with Gasteiger partial charge in [-0.1, -0.05) is 18.2 Å². The highest BCUT2D eigenvalue weighted by atomic mass is 16.1. The molecule has 2 rings (SSSR count). The van der Waals surface area contributed by atoms with E-state index in [2.05, 4.69) is 22.3 Å². The highest BCUT2D eigenvalue weighted by Gasteiger charge is 2.20. The van der Waals surface area contributed by atoms with Crippen LogP contribution in [0.5, 0.6) is 0 Å². The van der Waals surface area contributed by atoms with Gasteiger partial charge in [0.2, 0.25) is 5.91 Å². The Morgan fingerprint density at radius 2 is 2.26 bits per heavy atom. The summed E-state index contributed by atoms with van der Waals surface area (Å²) < 4.78 is 0. The third kappa shape index (κ3) is 3.47. The van der Waals surface area contributed by atoms with E-state index in [0.717, 1.165) is 25.9 Å². The zero-order valence-electron chi connectivity index (χ0n) is 11.6. The van der Waals surface area contributed by atoms with Crippen LogP contribution in [-0.2, 0) is 4.79 Å². The summed E-state index contributed by atoms with van der Waals surface area (Å²) in [6.07, 6.45) is 2.62. The van der Waals surface area contributed by atoms with Crippen LogP contribution in [0.4, 0.5) is 5.69 Å². The summed E-state index contributed by atoms with van der Waals surface area (Å²) in [4.78, 5) is 13.9. The molecule has 0 saturated carbocycles. The van der Waals surface area contributed by atoms with Gasteiger partial charge in [-0.15, -0.1) is 0 Å². The van der Waals surface area contributed by atoms with Crippen LogP contribution in [-0.4, -0.2) is 25.5 Å². The molecule has 1 atom stereocenters. The molecule has 1 aliphatic rings. The molecular formula is C15H23N3O. The number of hydrogen-bond donors (Lipinski definition) is 2. The van der Waals surface area contributed by atoms with Gasteiger partial charge in [-0.25, -0.2) is 0 Å². The van der Waals surface area contributed by atoms with Gasteiger partial charge < -0.3 is 16.0 Å². The van der Waals surface area contributed by atoms with E-state index < -0.39 is 0 Å². The summed E-state index contributed by atoms with van der Waals surface area (Å²) in [5.74, 6) is 0.119. The molecule has 0 saturated heterocycles. The predicted molar refractivity (Wildman–Crippen MR) is 78.1 cm³/mol. The van der Waals surface area contributed by atoms with Crippen LogP contribution in [0, 0.1) is 0 Å². The van der Waals surface area contributed by atoms with Crippen LogP contribution in [0.25, 0.3) is 0 Å². The molecule has 4 heteroatoms. The molecule has 19 heavy (non-hydrogen) atoms. The van der Waals surface area contributed by atoms with Gasteiger partial charge in [-0.3, -0.25) is 4.79 Å². The van der Waals surface area contributed by atoms with Crippen LogP contribution in [0.3, 0.4) is 0 Å². The fourth-order valence-corrected chi connectivity index (χ4v) is 2.62. The molecular weight excluding hydrogens is 238 g/mol. The summed E-state index contributed by atoms with van der Waals surface area (Å²) in [5, 5.41) is 2.84. The zero-order valence-corrected chi connectivity index (χ0v) is 11.6. The number of amides is 1. The quantitative estimate of drug-likeness (QED) is 0.869. The first-order chi connectivity index (χ1) is 9.22. The van der Waals surface area contributed by atoms with E-state index in [9.17, 15) is 4.79 Å². The van der Waals surface area contributed by atoms with Gasteiger partial charge in [-0.05, 0) is 31.4 Å². The van der Waals surface area contributed by atoms with Gasteiger partial charge in [-0.2, -0.15) is 0 Å². The van der Waals surface area contributed by atoms with Gasteiger partial charge in [0, 0.05) is 37.8 Å². The van der Waals surface area contributed by atoms with Crippen LogP contribution in [0.1, 0.15) is 37.8 Å². The van der Waals surface area contributed by atoms with Gasteiger partial charge in [0.25, 0.3) is 0 Å². The van der Waals surface area contributed by atoms with Crippen molar-refractivity contribution in [3.63, 3.8) is 0 Å². The fourth-order valence-electron chi connectivity index (χ4n) is 2.62. The van der Waals surface area contributed by atoms with Crippen molar-refractivity contribution < 1.29 is 4.79 Å². The summed E-state index contributed by atoms with van der Waals surface area (Å²) in [6.45, 7) is 4.37. The number of anilines is 1. The molecule has 1 amide bonds. The van der Waals surface area contributed by atoms with Crippen LogP contribution in [0.15, 0.2) is 24.3 Å². The maximum Gasteiger partial charge on any atom is 0.221 e. The van der Waals surface area contributed by atoms with Crippen molar-refractivity contribution in [2.75, 3.05) is 24.5 Å². The van der Waals surface area contributed by atoms with Gasteiger partial charge in [0.15, 0.2) is 0 Å². The average molecular weight is 261 g/mol. The van der Waals surface area contributed by atoms with E-state index in [1.54, 1.807) is 0 Å². The summed E-state index contributed by atoms with van der Waals surface area (Å²) in [6, 6.07) is 8.40. The minimum absolute atomic E-state index is 0.116. The Morgan fingerprint density at radius 3 is 3.05 bits per heavy atom. The van der Waals surface area contributed by atoms with E-state index >= 15 is 0 Å². The number of nitrogens with two attached hydrogens (primary N) is 1. The first kappa shape index (κ1) is 13.9. The number of nitrogens with one attached hydrogen (secondary N) is 1. The lowest BCUT2D eigenvalue weighted by molar-refractivity contribution is -0.120. The molecule has 0 bridgehead atoms. The SMILES string of the molecule is CCNC(=O)CCN1CCCC(N)c2ccccc21. The largest absolute Gasteiger partial charge is 0.371 e. The topological polar surface area (TPSA) is 58.4 Å². The second-order valence-corrected chi connectivity index (χ2v) is 5.00. The normalized spacial score (nSPS) is 18.6. The number of fused-ring (bicyclic) bond motifs is 1. The van der Waals surface area contributed by atoms with Crippen LogP contribution < -0.4 is 16.0 Å². The first-order valence-corrected chi connectivity index (χ1v) is 7.08. The molecule has 0 radical (unpaired) electrons. The Balaban J connectivity index is 2.08. The van der Waals surface area contributed by atoms with Crippen molar-refractivity contribution >= 4 is 11.6 Å². The first-order valence-electron chi connectivity index (χ1n) is 7.08. The lowest BCUT2D eigenvalue weighted by atomic mass is 10.0. The number of carbonyl (C=O) groups excluding carboxylic acids is 1. The maximum absolute atomic E-state index is 11.6. The lowest BCUT2D eigenvalue weighted by Crippen LogP contribution is -2.31. The predicted octanol–water partition coefficient (Wildman–Crippen LogP) is 1.81. The van der Waals surface area contributed by atoms with Crippen molar-refractivity contribution in [2.45, 2.75) is 32.2 Å². The summed E-state index contributed by atoms with van der Waals surface area (Å²) >= 11 is 0. The zero-order chi connectivity index (χ0) is 13.7. The van der Waals surface area contributed by atoms with Crippen molar-refractivity contribution in [3.8, 4) is 0 Å². The van der Waals surface area contributed by atoms with Gasteiger partial charge >= 0.3 is 0 Å². The molecule has 1 aromatic carbocycles. The van der Waals surface area contributed by atoms with Crippen molar-refractivity contribution in [2.24, 2.45) is 5.73 Å². The summed E-state index contributed by atoms with van der Waals surface area (Å²) in [7, 11) is 0. The number of carbonyl (C=O) groups is 1. The number of nitrogens with zero attached hydrogens (tertiary/aromatic N) is 1. The molecule has 1 aromatic rings. The number of para-hydroxylation sites is 1. The van der Waals surface area contributed by atoms with Crippen LogP contribution in [0.2, 0.25) is 0 Å². The third-order valence-electron chi connectivity index (χ3n) is 3.60. The fraction of sp³-hybridized carbons (Fsp3) is 0.533. The third-order valence-corrected chi connectivity index (χ3v) is 3.60. The Bertz CT molecular complexity index is 433. The van der Waals surface area contributed by atoms with Crippen molar-refractivity contribution in [1.82, 2.24) is 5.32 Å². The molecule has 1 unspecified atom stereocenters. The lowest BCUT2D eigenvalue weighted by Gasteiger charge is -2.25. The smallest absolute Gasteiger partial charge is 0.221 e. The minimum atomic E-state index is 0.116. The minimum Gasteiger partial charge on any atom is -0.371 e. The van der Waals surface area contributed by atoms with Gasteiger partial charge in [0.05, 0.1) is 0 Å². The highest BCUT2D eigenvalue weighted by Crippen LogP contribution is 2.31. The highest BCUT2D eigenvalue weighted by molar-refractivity contribution is 5.76. The molecule has 0 aliphatic carbocycles. The Labute approximate surface area is 115 Å². The van der Waals surface area contributed by atoms with Gasteiger partial charge in [0.1, 0.15) is 0 Å². The average Bonchev–Trinajstić information content (AvgIpc) is 2.57. The number of benzene rings is 1. The van der Waals surface area contributed by atoms with Crippen LogP contribution >= 0.6 is 0 Å². The molecule has 1 aliphatic heterocycles. The number of hydrogen-bond acceptors (Lipinski definition) is 3. The van der Waals surface area contributed by atoms with E-state index in [-0.39, 0.29) is 11.9 Å². The standard InChI is InChI=1S/C15H23N3O/c1-2-17-15(19)9-11-18-10-5-7-13(16)12-6-3-4-8-14(12)18/h3-4,6,8,13H,2,5,7,9-11,16H2,1H3,(H,17,19). The van der Waals surface area contributed by atoms with E-state index in [1.807, 2.05) is 19.1 Å². The molecule has 0 fully saturated rings. The summed E-state index contributed by atoms with van der Waals surface area (Å²) in [5.41, 5.74) is 8.60. The van der Waals surface area contributed by atoms with Crippen molar-refractivity contribution in [1.29, 1.82) is 0 Å². The molecule has 4 nitrogen and oxygen atoms in total. The van der Waals surface area contributed by atoms with E-state index in [0.29, 0.717) is 13.0 Å². The van der Waals surface area contributed by atoms with E-state index in [4.69, 9.17) is 5.73 Å². The Morgan fingerprint density at radius 1 is 1.47 bits per heavy atom. The Kier molecular flexibility index (Phi) is 4.80. The maximum atomic E-state index is 11.6. The number of rotatable bonds is 4. The monoisotopic (exact) mass is 261 g/mol. The molecule has 0 aromatic heterocycles. The van der Waals surface area contributed by atoms with Crippen molar-refractivity contribution in [3.05, 3.63) is 29.8 Å². The Hall–Kier alpha value is -1.55. The molecule has 1 heterocycles. The molecule has 104 valence electrons. The molecule has 3 N–H and O–H groups in total. The van der Waals surface area contributed by atoms with E-state index in [1.165, 1.54) is 11.3 Å². The molecule has 0 spiro atoms. The second-order valence-electron chi connectivity index (χ2n) is 5.00. The second kappa shape index (κ2) is 6.57.